The zero-order valence-electron chi connectivity index (χ0n) is 55.0. The second kappa shape index (κ2) is 29.9. The molecular formula is C75H54BF3N6O15S4. The molecule has 0 aliphatic rings. The summed E-state index contributed by atoms with van der Waals surface area (Å²) in [5.41, 5.74) is 5.17. The Balaban J connectivity index is 0.000000134. The number of ketones is 2. The molecule has 0 atom stereocenters. The quantitative estimate of drug-likeness (QED) is 0.0255. The number of hydrogen-bond donors (Lipinski definition) is 6. The number of fused-ring (bicyclic) bond motifs is 6. The van der Waals surface area contributed by atoms with E-state index in [0.29, 0.717) is 55.1 Å². The fourth-order valence-electron chi connectivity index (χ4n) is 11.3. The molecule has 0 aliphatic heterocycles. The van der Waals surface area contributed by atoms with Crippen LogP contribution in [-0.2, 0) is 10.1 Å². The standard InChI is InChI=1S/C25H18N2O3S.C24H16N2O4S.C16H10F3NO6S2.C10H10BNO2/c1-14-9-10-17(18-7-5-11-26-23(14)18)19-13-31-25(22(19)15(2)28)27-24(29)21-12-16-6-3-4-8-20(16)30-21;1-13-8-9-15(16-6-4-10-25-21(13)16)17-12-31-23(20(17)24(28)29)26-22(27)19-11-14-5-2-3-7-18(14)30-19;1-8(21)13-12(26-28(23,24)16(17,18)19)7-27-15(13)20-14(22)11-6-9-4-2-3-5-10(9)25-11;1-7-4-5-9(11(13)14)8-3-2-6-12-10(7)8/h3-13H,1-2H3,(H,27,29);2-12H,1H3,(H,26,27)(H,28,29);2-7H,1H3,(H,20,22);2-6,13-14H,1H3. The number of benzene rings is 6. The van der Waals surface area contributed by atoms with E-state index in [0.717, 1.165) is 89.2 Å². The van der Waals surface area contributed by atoms with E-state index in [4.69, 9.17) is 23.3 Å². The molecule has 0 fully saturated rings. The number of pyridine rings is 3. The van der Waals surface area contributed by atoms with E-state index in [1.54, 1.807) is 78.6 Å². The van der Waals surface area contributed by atoms with Crippen LogP contribution < -0.4 is 25.6 Å². The van der Waals surface area contributed by atoms with Crippen molar-refractivity contribution in [3.05, 3.63) is 249 Å². The Hall–Kier alpha value is -12.0. The minimum atomic E-state index is -5.97. The molecule has 15 aromatic rings. The second-order valence-electron chi connectivity index (χ2n) is 23.1. The summed E-state index contributed by atoms with van der Waals surface area (Å²) in [5.74, 6) is -4.29. The number of aryl methyl sites for hydroxylation is 3. The molecule has 0 spiro atoms. The first-order chi connectivity index (χ1) is 49.7. The summed E-state index contributed by atoms with van der Waals surface area (Å²) in [5, 5.41) is 46.2. The molecule has 0 unspecified atom stereocenters. The average Bonchev–Trinajstić information content (AvgIpc) is 1.43. The molecule has 3 amide bonds. The van der Waals surface area contributed by atoms with Gasteiger partial charge < -0.3 is 48.5 Å². The Morgan fingerprint density at radius 3 is 1.23 bits per heavy atom. The SMILES string of the molecule is CC(=O)c1c(-c2ccc(C)c3ncccc23)csc1NC(=O)c1cc2ccccc2o1.CC(=O)c1c(OS(=O)(=O)C(F)(F)F)csc1NC(=O)c1cc2ccccc2o1.Cc1ccc(-c2csc(NC(=O)c3cc4ccccc4o3)c2C(=O)O)c2cccnc12.Cc1ccc(B(O)O)c2cccnc12. The number of nitrogens with zero attached hydrogens (tertiary/aromatic N) is 3. The predicted molar refractivity (Wildman–Crippen MR) is 395 cm³/mol. The average molecular weight is 1480 g/mol. The minimum Gasteiger partial charge on any atom is -0.478 e. The maximum absolute atomic E-state index is 12.8. The van der Waals surface area contributed by atoms with Gasteiger partial charge in [0.15, 0.2) is 34.6 Å². The number of carbonyl (C=O) groups is 6. The number of anilines is 3. The lowest BCUT2D eigenvalue weighted by Crippen LogP contribution is -2.30. The maximum Gasteiger partial charge on any atom is 0.534 e. The number of amides is 3. The predicted octanol–water partition coefficient (Wildman–Crippen LogP) is 16.8. The number of halogens is 3. The Morgan fingerprint density at radius 1 is 0.471 bits per heavy atom. The van der Waals surface area contributed by atoms with Gasteiger partial charge in [0.05, 0.1) is 27.7 Å². The number of carbonyl (C=O) groups excluding carboxylic acids is 5. The van der Waals surface area contributed by atoms with Gasteiger partial charge in [0.25, 0.3) is 17.7 Å². The van der Waals surface area contributed by atoms with Gasteiger partial charge in [0.2, 0.25) is 0 Å². The van der Waals surface area contributed by atoms with Crippen LogP contribution in [0.25, 0.3) is 87.9 Å². The highest BCUT2D eigenvalue weighted by molar-refractivity contribution is 7.88. The molecule has 0 saturated heterocycles. The fraction of sp³-hybridized carbons (Fsp3) is 0.0800. The number of aromatic nitrogens is 3. The Labute approximate surface area is 600 Å². The van der Waals surface area contributed by atoms with E-state index in [1.807, 2.05) is 129 Å². The number of carboxylic acid groups (broad SMARTS) is 1. The van der Waals surface area contributed by atoms with Gasteiger partial charge in [-0.1, -0.05) is 109 Å². The van der Waals surface area contributed by atoms with E-state index in [2.05, 4.69) is 35.1 Å². The molecular weight excluding hydrogens is 1420 g/mol. The van der Waals surface area contributed by atoms with Crippen molar-refractivity contribution in [2.75, 3.05) is 16.0 Å². The third kappa shape index (κ3) is 15.0. The molecule has 9 aromatic heterocycles. The molecule has 0 radical (unpaired) electrons. The van der Waals surface area contributed by atoms with Crippen molar-refractivity contribution in [2.24, 2.45) is 0 Å². The van der Waals surface area contributed by atoms with Crippen LogP contribution in [0, 0.1) is 20.8 Å². The zero-order chi connectivity index (χ0) is 73.9. The van der Waals surface area contributed by atoms with E-state index in [1.165, 1.54) is 35.7 Å². The van der Waals surface area contributed by atoms with E-state index < -0.39 is 57.6 Å². The summed E-state index contributed by atoms with van der Waals surface area (Å²) >= 11 is 3.13. The van der Waals surface area contributed by atoms with Gasteiger partial charge in [-0.2, -0.15) is 21.6 Å². The molecule has 522 valence electrons. The smallest absolute Gasteiger partial charge is 0.478 e. The first-order valence-corrected chi connectivity index (χ1v) is 35.2. The first kappa shape index (κ1) is 71.8. The molecule has 6 N–H and O–H groups in total. The third-order valence-electron chi connectivity index (χ3n) is 16.2. The topological polar surface area (TPSA) is 321 Å². The van der Waals surface area contributed by atoms with Gasteiger partial charge in [-0.05, 0) is 122 Å². The molecule has 9 heterocycles. The molecule has 29 heteroatoms. The lowest BCUT2D eigenvalue weighted by atomic mass is 9.77. The van der Waals surface area contributed by atoms with Gasteiger partial charge in [-0.15, -0.1) is 34.0 Å². The summed E-state index contributed by atoms with van der Waals surface area (Å²) in [4.78, 5) is 87.7. The first-order valence-electron chi connectivity index (χ1n) is 31.1. The molecule has 0 aliphatic carbocycles. The van der Waals surface area contributed by atoms with E-state index in [-0.39, 0.29) is 44.5 Å². The van der Waals surface area contributed by atoms with Gasteiger partial charge >= 0.3 is 28.7 Å². The van der Waals surface area contributed by atoms with Crippen molar-refractivity contribution in [2.45, 2.75) is 40.1 Å². The maximum atomic E-state index is 12.8. The summed E-state index contributed by atoms with van der Waals surface area (Å²) in [6.45, 7) is 8.42. The van der Waals surface area contributed by atoms with Crippen molar-refractivity contribution in [3.8, 4) is 28.0 Å². The highest BCUT2D eigenvalue weighted by Gasteiger charge is 2.49. The van der Waals surface area contributed by atoms with Crippen LogP contribution in [0.5, 0.6) is 5.75 Å². The van der Waals surface area contributed by atoms with Gasteiger partial charge in [0.1, 0.15) is 37.3 Å². The Morgan fingerprint density at radius 2 is 0.837 bits per heavy atom. The zero-order valence-corrected chi connectivity index (χ0v) is 58.2. The number of hydrogen-bond acceptors (Lipinski definition) is 20. The van der Waals surface area contributed by atoms with Crippen LogP contribution in [0.2, 0.25) is 0 Å². The number of aromatic carboxylic acids is 1. The number of rotatable bonds is 14. The van der Waals surface area contributed by atoms with Crippen molar-refractivity contribution in [3.63, 3.8) is 0 Å². The van der Waals surface area contributed by atoms with Gasteiger partial charge in [-0.25, -0.2) is 4.79 Å². The van der Waals surface area contributed by atoms with Crippen LogP contribution in [0.15, 0.2) is 212 Å². The molecule has 104 heavy (non-hydrogen) atoms. The second-order valence-corrected chi connectivity index (χ2v) is 27.3. The van der Waals surface area contributed by atoms with Crippen LogP contribution in [0.1, 0.15) is 93.3 Å². The molecule has 6 aromatic carbocycles. The monoisotopic (exact) mass is 1470 g/mol. The highest BCUT2D eigenvalue weighted by atomic mass is 32.2. The molecule has 21 nitrogen and oxygen atoms in total. The van der Waals surface area contributed by atoms with E-state index >= 15 is 0 Å². The summed E-state index contributed by atoms with van der Waals surface area (Å²) < 4.78 is 80.6. The minimum absolute atomic E-state index is 0.0449. The summed E-state index contributed by atoms with van der Waals surface area (Å²) in [7, 11) is -7.41. The number of para-hydroxylation sites is 3. The number of thiophene rings is 3. The van der Waals surface area contributed by atoms with Crippen LogP contribution in [-0.4, -0.2) is 86.4 Å². The summed E-state index contributed by atoms with van der Waals surface area (Å²) in [6, 6.07) is 48.9. The van der Waals surface area contributed by atoms with Crippen molar-refractivity contribution >= 4 is 173 Å². The largest absolute Gasteiger partial charge is 0.534 e. The number of furan rings is 3. The van der Waals surface area contributed by atoms with Crippen molar-refractivity contribution < 1.29 is 82.9 Å². The highest BCUT2D eigenvalue weighted by Crippen LogP contribution is 2.43. The van der Waals surface area contributed by atoms with Crippen molar-refractivity contribution in [1.29, 1.82) is 0 Å². The molecule has 0 saturated carbocycles. The Kier molecular flexibility index (Phi) is 20.7. The number of Topliss-reactive ketones (excluding diaryl/α,β-unsaturated/α-hetero) is 2. The number of nitrogens with one attached hydrogen (secondary N) is 3. The lowest BCUT2D eigenvalue weighted by Gasteiger charge is -2.10. The normalized spacial score (nSPS) is 11.3. The van der Waals surface area contributed by atoms with Crippen LogP contribution in [0.4, 0.5) is 28.2 Å². The number of alkyl halides is 3. The fourth-order valence-corrected chi connectivity index (χ4v) is 14.7. The van der Waals surface area contributed by atoms with Crippen LogP contribution >= 0.6 is 34.0 Å². The van der Waals surface area contributed by atoms with Gasteiger partial charge in [-0.3, -0.25) is 38.9 Å². The number of carboxylic acids is 1. The van der Waals surface area contributed by atoms with Crippen LogP contribution in [0.3, 0.4) is 0 Å². The molecule has 15 rings (SSSR count). The Bertz CT molecular complexity index is 5690. The van der Waals surface area contributed by atoms with Crippen molar-refractivity contribution in [1.82, 2.24) is 15.0 Å². The summed E-state index contributed by atoms with van der Waals surface area (Å²) in [6.07, 6.45) is 5.17. The van der Waals surface area contributed by atoms with Gasteiger partial charge in [0, 0.05) is 78.2 Å². The molecule has 0 bridgehead atoms. The third-order valence-corrected chi connectivity index (χ3v) is 19.8. The van der Waals surface area contributed by atoms with E-state index in [9.17, 15) is 55.5 Å². The lowest BCUT2D eigenvalue weighted by molar-refractivity contribution is -0.0500.